The molecular formula is C21H19N. The summed E-state index contributed by atoms with van der Waals surface area (Å²) in [5, 5.41) is 5.13. The van der Waals surface area contributed by atoms with Crippen LogP contribution in [0.5, 0.6) is 0 Å². The fourth-order valence-corrected chi connectivity index (χ4v) is 3.33. The van der Waals surface area contributed by atoms with Gasteiger partial charge in [-0.05, 0) is 29.9 Å². The van der Waals surface area contributed by atoms with Gasteiger partial charge in [-0.25, -0.2) is 4.98 Å². The van der Waals surface area contributed by atoms with E-state index in [1.54, 1.807) is 0 Å². The normalized spacial score (nSPS) is 11.5. The van der Waals surface area contributed by atoms with Gasteiger partial charge < -0.3 is 0 Å². The number of rotatable bonds is 3. The molecule has 4 aromatic rings. The van der Waals surface area contributed by atoms with Crippen molar-refractivity contribution >= 4 is 32.6 Å². The highest BCUT2D eigenvalue weighted by atomic mass is 14.7. The fourth-order valence-electron chi connectivity index (χ4n) is 3.33. The van der Waals surface area contributed by atoms with Gasteiger partial charge in [0.25, 0.3) is 0 Å². The number of nitrogens with zero attached hydrogens (tertiary/aromatic N) is 1. The Morgan fingerprint density at radius 3 is 2.41 bits per heavy atom. The first-order chi connectivity index (χ1) is 10.9. The van der Waals surface area contributed by atoms with E-state index in [1.807, 2.05) is 0 Å². The van der Waals surface area contributed by atoms with Gasteiger partial charge in [0, 0.05) is 16.2 Å². The van der Waals surface area contributed by atoms with E-state index >= 15 is 0 Å². The van der Waals surface area contributed by atoms with Crippen molar-refractivity contribution in [1.82, 2.24) is 4.98 Å². The van der Waals surface area contributed by atoms with Gasteiger partial charge >= 0.3 is 0 Å². The minimum atomic E-state index is 1.11. The molecule has 0 bridgehead atoms. The lowest BCUT2D eigenvalue weighted by molar-refractivity contribution is 0.802. The predicted octanol–water partition coefficient (Wildman–Crippen LogP) is 5.88. The second-order valence-corrected chi connectivity index (χ2v) is 5.89. The number of benzene rings is 3. The Morgan fingerprint density at radius 1 is 0.773 bits per heavy atom. The minimum absolute atomic E-state index is 1.11. The van der Waals surface area contributed by atoms with Crippen molar-refractivity contribution in [1.29, 1.82) is 0 Å². The zero-order valence-corrected chi connectivity index (χ0v) is 12.8. The predicted molar refractivity (Wildman–Crippen MR) is 95.4 cm³/mol. The van der Waals surface area contributed by atoms with E-state index in [0.29, 0.717) is 0 Å². The van der Waals surface area contributed by atoms with Crippen LogP contribution in [0.2, 0.25) is 0 Å². The molecule has 0 saturated heterocycles. The molecule has 1 heterocycles. The summed E-state index contributed by atoms with van der Waals surface area (Å²) in [5.41, 5.74) is 3.70. The van der Waals surface area contributed by atoms with Crippen molar-refractivity contribution in [2.45, 2.75) is 26.2 Å². The van der Waals surface area contributed by atoms with E-state index in [9.17, 15) is 0 Å². The number of hydrogen-bond acceptors (Lipinski definition) is 1. The molecule has 1 aromatic heterocycles. The van der Waals surface area contributed by atoms with E-state index in [0.717, 1.165) is 17.5 Å². The number of aromatic nitrogens is 1. The zero-order chi connectivity index (χ0) is 14.9. The molecule has 1 nitrogen and oxygen atoms in total. The van der Waals surface area contributed by atoms with Crippen molar-refractivity contribution in [3.05, 3.63) is 66.2 Å². The standard InChI is InChI=1S/C21H19N/c1-2-3-9-17-18-11-6-7-12-20(18)22-21-16-10-5-4-8-15(16)13-14-19(17)21/h4-8,10-14H,2-3,9H2,1H3. The number of pyridine rings is 1. The van der Waals surface area contributed by atoms with Gasteiger partial charge in [0.05, 0.1) is 11.0 Å². The highest BCUT2D eigenvalue weighted by molar-refractivity contribution is 6.10. The van der Waals surface area contributed by atoms with E-state index in [1.165, 1.54) is 39.9 Å². The molecule has 0 atom stereocenters. The molecule has 0 aliphatic rings. The summed E-state index contributed by atoms with van der Waals surface area (Å²) in [5.74, 6) is 0. The number of fused-ring (bicyclic) bond motifs is 4. The summed E-state index contributed by atoms with van der Waals surface area (Å²) in [6.45, 7) is 2.25. The average Bonchev–Trinajstić information content (AvgIpc) is 2.58. The van der Waals surface area contributed by atoms with Crippen LogP contribution < -0.4 is 0 Å². The molecule has 0 radical (unpaired) electrons. The van der Waals surface area contributed by atoms with Gasteiger partial charge in [0.1, 0.15) is 0 Å². The lowest BCUT2D eigenvalue weighted by atomic mass is 9.96. The van der Waals surface area contributed by atoms with Gasteiger partial charge in [0.15, 0.2) is 0 Å². The SMILES string of the molecule is CCCCc1c2ccccc2nc2c1ccc1ccccc12. The van der Waals surface area contributed by atoms with Crippen LogP contribution in [0.15, 0.2) is 60.7 Å². The lowest BCUT2D eigenvalue weighted by Gasteiger charge is -2.12. The van der Waals surface area contributed by atoms with Crippen LogP contribution in [0.4, 0.5) is 0 Å². The molecule has 0 fully saturated rings. The van der Waals surface area contributed by atoms with Gasteiger partial charge in [0.2, 0.25) is 0 Å². The first-order valence-electron chi connectivity index (χ1n) is 8.07. The van der Waals surface area contributed by atoms with Crippen molar-refractivity contribution in [3.63, 3.8) is 0 Å². The fraction of sp³-hybridized carbons (Fsp3) is 0.190. The lowest BCUT2D eigenvalue weighted by Crippen LogP contribution is -1.94. The van der Waals surface area contributed by atoms with E-state index < -0.39 is 0 Å². The van der Waals surface area contributed by atoms with E-state index in [4.69, 9.17) is 4.98 Å². The Balaban J connectivity index is 2.15. The topological polar surface area (TPSA) is 12.9 Å². The van der Waals surface area contributed by atoms with Gasteiger partial charge in [-0.15, -0.1) is 0 Å². The van der Waals surface area contributed by atoms with Crippen LogP contribution in [0.3, 0.4) is 0 Å². The van der Waals surface area contributed by atoms with Crippen LogP contribution in [-0.4, -0.2) is 4.98 Å². The van der Waals surface area contributed by atoms with Crippen molar-refractivity contribution in [3.8, 4) is 0 Å². The Morgan fingerprint density at radius 2 is 1.55 bits per heavy atom. The monoisotopic (exact) mass is 285 g/mol. The molecule has 0 aliphatic carbocycles. The summed E-state index contributed by atoms with van der Waals surface area (Å²) >= 11 is 0. The maximum Gasteiger partial charge on any atom is 0.0790 e. The summed E-state index contributed by atoms with van der Waals surface area (Å²) < 4.78 is 0. The molecule has 1 heteroatoms. The highest BCUT2D eigenvalue weighted by Gasteiger charge is 2.10. The van der Waals surface area contributed by atoms with Crippen LogP contribution >= 0.6 is 0 Å². The third kappa shape index (κ3) is 2.05. The Kier molecular flexibility index (Phi) is 3.27. The average molecular weight is 285 g/mol. The zero-order valence-electron chi connectivity index (χ0n) is 12.8. The third-order valence-corrected chi connectivity index (χ3v) is 4.47. The molecule has 0 spiro atoms. The second-order valence-electron chi connectivity index (χ2n) is 5.89. The van der Waals surface area contributed by atoms with E-state index in [-0.39, 0.29) is 0 Å². The van der Waals surface area contributed by atoms with Crippen molar-refractivity contribution < 1.29 is 0 Å². The number of hydrogen-bond donors (Lipinski definition) is 0. The molecule has 0 unspecified atom stereocenters. The highest BCUT2D eigenvalue weighted by Crippen LogP contribution is 2.31. The first kappa shape index (κ1) is 13.3. The van der Waals surface area contributed by atoms with Crippen LogP contribution in [0.25, 0.3) is 32.6 Å². The Labute approximate surface area is 130 Å². The molecule has 22 heavy (non-hydrogen) atoms. The van der Waals surface area contributed by atoms with Crippen LogP contribution in [0.1, 0.15) is 25.3 Å². The molecule has 0 N–H and O–H groups in total. The Bertz CT molecular complexity index is 969. The van der Waals surface area contributed by atoms with Gasteiger partial charge in [-0.2, -0.15) is 0 Å². The summed E-state index contributed by atoms with van der Waals surface area (Å²) in [7, 11) is 0. The third-order valence-electron chi connectivity index (χ3n) is 4.47. The van der Waals surface area contributed by atoms with Crippen LogP contribution in [0, 0.1) is 0 Å². The largest absolute Gasteiger partial charge is 0.247 e. The summed E-state index contributed by atoms with van der Waals surface area (Å²) in [6, 6.07) is 21.6. The number of unbranched alkanes of at least 4 members (excludes halogenated alkanes) is 1. The van der Waals surface area contributed by atoms with E-state index in [2.05, 4.69) is 67.6 Å². The molecule has 3 aromatic carbocycles. The van der Waals surface area contributed by atoms with Gasteiger partial charge in [-0.1, -0.05) is 67.9 Å². The maximum atomic E-state index is 4.97. The number of aryl methyl sites for hydroxylation is 1. The van der Waals surface area contributed by atoms with Crippen molar-refractivity contribution in [2.75, 3.05) is 0 Å². The molecule has 4 rings (SSSR count). The summed E-state index contributed by atoms with van der Waals surface area (Å²) in [6.07, 6.45) is 3.55. The van der Waals surface area contributed by atoms with Gasteiger partial charge in [-0.3, -0.25) is 0 Å². The van der Waals surface area contributed by atoms with Crippen molar-refractivity contribution in [2.24, 2.45) is 0 Å². The molecular weight excluding hydrogens is 266 g/mol. The minimum Gasteiger partial charge on any atom is -0.247 e. The second kappa shape index (κ2) is 5.42. The van der Waals surface area contributed by atoms with Crippen LogP contribution in [-0.2, 0) is 6.42 Å². The Hall–Kier alpha value is -2.41. The molecule has 0 amide bonds. The smallest absolute Gasteiger partial charge is 0.0790 e. The molecule has 0 saturated carbocycles. The quantitative estimate of drug-likeness (QED) is 0.338. The number of para-hydroxylation sites is 1. The molecule has 0 aliphatic heterocycles. The molecule has 108 valence electrons. The summed E-state index contributed by atoms with van der Waals surface area (Å²) in [4.78, 5) is 4.97. The maximum absolute atomic E-state index is 4.97. The first-order valence-corrected chi connectivity index (χ1v) is 8.07.